The smallest absolute Gasteiger partial charge is 0.278 e. The minimum Gasteiger partial charge on any atom is -0.376 e. The van der Waals surface area contributed by atoms with Gasteiger partial charge in [-0.25, -0.2) is 4.98 Å². The lowest BCUT2D eigenvalue weighted by molar-refractivity contribution is -0.383. The molecule has 0 saturated carbocycles. The second kappa shape index (κ2) is 5.16. The van der Waals surface area contributed by atoms with Crippen LogP contribution in [0.3, 0.4) is 0 Å². The number of hydrogen-bond donors (Lipinski definition) is 1. The monoisotopic (exact) mass is 284 g/mol. The van der Waals surface area contributed by atoms with Crippen molar-refractivity contribution in [3.63, 3.8) is 0 Å². The third kappa shape index (κ3) is 2.50. The van der Waals surface area contributed by atoms with Gasteiger partial charge in [0.25, 0.3) is 5.69 Å². The second-order valence-electron chi connectivity index (χ2n) is 4.48. The maximum absolute atomic E-state index is 11.0. The zero-order valence-corrected chi connectivity index (χ0v) is 11.2. The molecule has 0 unspecified atom stereocenters. The lowest BCUT2D eigenvalue weighted by Crippen LogP contribution is -2.04. The van der Waals surface area contributed by atoms with Crippen LogP contribution in [-0.4, -0.2) is 24.7 Å². The molecule has 0 fully saturated rings. The molecule has 8 nitrogen and oxygen atoms in total. The number of aromatic nitrogens is 4. The molecule has 0 amide bonds. The molecule has 0 bridgehead atoms. The van der Waals surface area contributed by atoms with E-state index in [-0.39, 0.29) is 5.69 Å². The van der Waals surface area contributed by atoms with Crippen LogP contribution in [0.25, 0.3) is 10.9 Å². The highest BCUT2D eigenvalue weighted by atomic mass is 16.6. The van der Waals surface area contributed by atoms with E-state index < -0.39 is 4.92 Å². The van der Waals surface area contributed by atoms with Crippen LogP contribution in [0.5, 0.6) is 0 Å². The fraction of sp³-hybridized carbons (Fsp3) is 0.154. The summed E-state index contributed by atoms with van der Waals surface area (Å²) >= 11 is 0. The van der Waals surface area contributed by atoms with E-state index in [9.17, 15) is 10.1 Å². The van der Waals surface area contributed by atoms with Crippen molar-refractivity contribution in [3.8, 4) is 0 Å². The quantitative estimate of drug-likeness (QED) is 0.580. The maximum Gasteiger partial charge on any atom is 0.278 e. The Labute approximate surface area is 119 Å². The van der Waals surface area contributed by atoms with E-state index in [2.05, 4.69) is 20.4 Å². The molecule has 2 heterocycles. The molecule has 0 saturated heterocycles. The van der Waals surface area contributed by atoms with Crippen LogP contribution >= 0.6 is 0 Å². The van der Waals surface area contributed by atoms with Crippen molar-refractivity contribution in [2.75, 3.05) is 5.32 Å². The minimum absolute atomic E-state index is 0.0413. The summed E-state index contributed by atoms with van der Waals surface area (Å²) in [6.07, 6.45) is 3.22. The Hall–Kier alpha value is -3.03. The van der Waals surface area contributed by atoms with Crippen LogP contribution in [0.4, 0.5) is 11.4 Å². The molecular weight excluding hydrogens is 272 g/mol. The largest absolute Gasteiger partial charge is 0.376 e. The summed E-state index contributed by atoms with van der Waals surface area (Å²) in [5.74, 6) is 0.639. The Bertz CT molecular complexity index is 813. The standard InChI is InChI=1S/C13H12N6O2/c1-18-8-16-12(17-18)7-15-10-4-5-11(19(20)21)9-3-2-6-14-13(9)10/h2-6,8,15H,7H2,1H3. The topological polar surface area (TPSA) is 98.8 Å². The lowest BCUT2D eigenvalue weighted by Gasteiger charge is -2.07. The zero-order chi connectivity index (χ0) is 14.8. The van der Waals surface area contributed by atoms with Gasteiger partial charge in [0.05, 0.1) is 22.5 Å². The molecule has 1 N–H and O–H groups in total. The number of anilines is 1. The summed E-state index contributed by atoms with van der Waals surface area (Å²) < 4.78 is 1.61. The van der Waals surface area contributed by atoms with Crippen molar-refractivity contribution in [1.29, 1.82) is 0 Å². The van der Waals surface area contributed by atoms with Gasteiger partial charge in [-0.15, -0.1) is 0 Å². The number of non-ortho nitro benzene ring substituents is 1. The molecule has 0 aliphatic carbocycles. The highest BCUT2D eigenvalue weighted by Gasteiger charge is 2.14. The van der Waals surface area contributed by atoms with E-state index >= 15 is 0 Å². The molecule has 0 atom stereocenters. The number of fused-ring (bicyclic) bond motifs is 1. The van der Waals surface area contributed by atoms with Crippen LogP contribution in [0.15, 0.2) is 36.8 Å². The molecule has 106 valence electrons. The first kappa shape index (κ1) is 13.0. The molecule has 21 heavy (non-hydrogen) atoms. The minimum atomic E-state index is -0.409. The SMILES string of the molecule is Cn1cnc(CNc2ccc([N+](=O)[O-])c3cccnc23)n1. The lowest BCUT2D eigenvalue weighted by atomic mass is 10.1. The van der Waals surface area contributed by atoms with E-state index in [0.29, 0.717) is 29.0 Å². The molecule has 3 aromatic rings. The van der Waals surface area contributed by atoms with E-state index in [1.807, 2.05) is 0 Å². The molecule has 0 aliphatic rings. The normalized spacial score (nSPS) is 10.7. The van der Waals surface area contributed by atoms with E-state index in [1.165, 1.54) is 6.07 Å². The third-order valence-corrected chi connectivity index (χ3v) is 3.03. The predicted molar refractivity (Wildman–Crippen MR) is 76.7 cm³/mol. The number of nitrogens with zero attached hydrogens (tertiary/aromatic N) is 5. The first-order valence-electron chi connectivity index (χ1n) is 6.25. The number of nitro benzene ring substituents is 1. The van der Waals surface area contributed by atoms with Gasteiger partial charge in [-0.05, 0) is 18.2 Å². The summed E-state index contributed by atoms with van der Waals surface area (Å²) in [5, 5.41) is 18.9. The summed E-state index contributed by atoms with van der Waals surface area (Å²) in [5.41, 5.74) is 1.31. The van der Waals surface area contributed by atoms with Crippen molar-refractivity contribution in [1.82, 2.24) is 19.7 Å². The number of nitro groups is 1. The zero-order valence-electron chi connectivity index (χ0n) is 11.2. The van der Waals surface area contributed by atoms with Crippen LogP contribution in [-0.2, 0) is 13.6 Å². The molecule has 0 aliphatic heterocycles. The number of benzene rings is 1. The second-order valence-corrected chi connectivity index (χ2v) is 4.48. The highest BCUT2D eigenvalue weighted by molar-refractivity contribution is 5.96. The average molecular weight is 284 g/mol. The van der Waals surface area contributed by atoms with Gasteiger partial charge >= 0.3 is 0 Å². The summed E-state index contributed by atoms with van der Waals surface area (Å²) in [4.78, 5) is 19.0. The van der Waals surface area contributed by atoms with Gasteiger partial charge in [0.2, 0.25) is 0 Å². The van der Waals surface area contributed by atoms with Gasteiger partial charge < -0.3 is 5.32 Å². The van der Waals surface area contributed by atoms with E-state index in [4.69, 9.17) is 0 Å². The highest BCUT2D eigenvalue weighted by Crippen LogP contribution is 2.29. The molecular formula is C13H12N6O2. The molecule has 3 rings (SSSR count). The molecule has 0 spiro atoms. The number of nitrogens with one attached hydrogen (secondary N) is 1. The van der Waals surface area contributed by atoms with Crippen molar-refractivity contribution >= 4 is 22.3 Å². The number of hydrogen-bond acceptors (Lipinski definition) is 6. The van der Waals surface area contributed by atoms with Gasteiger partial charge in [0.1, 0.15) is 11.8 Å². The van der Waals surface area contributed by atoms with Gasteiger partial charge in [0, 0.05) is 19.3 Å². The average Bonchev–Trinajstić information content (AvgIpc) is 2.90. The van der Waals surface area contributed by atoms with Crippen LogP contribution in [0, 0.1) is 10.1 Å². The fourth-order valence-electron chi connectivity index (χ4n) is 2.10. The Morgan fingerprint density at radius 2 is 2.19 bits per heavy atom. The molecule has 8 heteroatoms. The van der Waals surface area contributed by atoms with Crippen molar-refractivity contribution in [3.05, 3.63) is 52.7 Å². The number of aryl methyl sites for hydroxylation is 1. The molecule has 2 aromatic heterocycles. The van der Waals surface area contributed by atoms with Gasteiger partial charge in [-0.1, -0.05) is 0 Å². The van der Waals surface area contributed by atoms with Crippen molar-refractivity contribution in [2.45, 2.75) is 6.54 Å². The van der Waals surface area contributed by atoms with Gasteiger partial charge in [-0.2, -0.15) is 5.10 Å². The Morgan fingerprint density at radius 1 is 1.33 bits per heavy atom. The summed E-state index contributed by atoms with van der Waals surface area (Å²) in [6.45, 7) is 0.421. The van der Waals surface area contributed by atoms with Crippen molar-refractivity contribution in [2.24, 2.45) is 7.05 Å². The first-order chi connectivity index (χ1) is 10.1. The maximum atomic E-state index is 11.0. The molecule has 0 radical (unpaired) electrons. The third-order valence-electron chi connectivity index (χ3n) is 3.03. The summed E-state index contributed by atoms with van der Waals surface area (Å²) in [6, 6.07) is 6.48. The van der Waals surface area contributed by atoms with Crippen LogP contribution < -0.4 is 5.32 Å². The van der Waals surface area contributed by atoms with Gasteiger partial charge in [-0.3, -0.25) is 19.8 Å². The Morgan fingerprint density at radius 3 is 2.90 bits per heavy atom. The Balaban J connectivity index is 1.96. The van der Waals surface area contributed by atoms with Crippen LogP contribution in [0.2, 0.25) is 0 Å². The fourth-order valence-corrected chi connectivity index (χ4v) is 2.10. The van der Waals surface area contributed by atoms with Crippen molar-refractivity contribution < 1.29 is 4.92 Å². The van der Waals surface area contributed by atoms with E-state index in [0.717, 1.165) is 0 Å². The number of pyridine rings is 1. The Kier molecular flexibility index (Phi) is 3.19. The first-order valence-corrected chi connectivity index (χ1v) is 6.25. The summed E-state index contributed by atoms with van der Waals surface area (Å²) in [7, 11) is 1.79. The van der Waals surface area contributed by atoms with E-state index in [1.54, 1.807) is 42.5 Å². The van der Waals surface area contributed by atoms with Gasteiger partial charge in [0.15, 0.2) is 5.82 Å². The predicted octanol–water partition coefficient (Wildman–Crippen LogP) is 1.88. The van der Waals surface area contributed by atoms with Crippen LogP contribution in [0.1, 0.15) is 5.82 Å². The number of rotatable bonds is 4. The molecule has 1 aromatic carbocycles.